The molecule has 0 saturated carbocycles. The van der Waals surface area contributed by atoms with E-state index < -0.39 is 90.2 Å². The maximum atomic E-state index is 14.6. The first-order valence-electron chi connectivity index (χ1n) is 22.5. The van der Waals surface area contributed by atoms with Gasteiger partial charge in [0.05, 0.1) is 12.5 Å². The molecule has 352 valence electrons. The molecule has 0 bridgehead atoms. The molecule has 6 amide bonds. The van der Waals surface area contributed by atoms with Gasteiger partial charge in [0, 0.05) is 36.5 Å². The van der Waals surface area contributed by atoms with Gasteiger partial charge in [-0.2, -0.15) is 0 Å². The molecule has 65 heavy (non-hydrogen) atoms. The molecule has 5 rings (SSSR count). The number of aromatic nitrogens is 1. The van der Waals surface area contributed by atoms with Crippen LogP contribution in [0.4, 0.5) is 0 Å². The number of unbranched alkanes of at least 4 members (excludes halogenated alkanes) is 1. The largest absolute Gasteiger partial charge is 0.481 e. The zero-order valence-corrected chi connectivity index (χ0v) is 37.0. The number of nitrogens with zero attached hydrogens (tertiary/aromatic N) is 1. The van der Waals surface area contributed by atoms with Crippen molar-refractivity contribution in [2.75, 3.05) is 19.6 Å². The highest BCUT2D eigenvalue weighted by atomic mass is 16.4. The maximum absolute atomic E-state index is 14.6. The second-order valence-corrected chi connectivity index (χ2v) is 16.9. The standard InChI is InChI=1S/C46H63N9O10/c1-3-27(2)39(54-40(58)32-18-11-21-48-32)44(62)51-34(24-29-26-49-31-16-8-7-15-30(29)31)42(60)50-33(17-9-10-20-47)41(59)52-35(23-28-13-5-4-6-14-28)45(63)55-22-12-19-37(55)43(61)53-36(46(64)65)25-38(56)57/h4-8,13-16,26-27,32-37,39,48-49H,3,9-12,17-25,47H2,1-2H3,(H,50,60)(H,51,62)(H,52,59)(H,53,61)(H,54,58)(H,56,57)(H,64,65)/t27-,32-,33-,34-,35-,36-,37-,39-/m0/s1. The number of aliphatic carboxylic acids is 2. The van der Waals surface area contributed by atoms with Gasteiger partial charge in [0.2, 0.25) is 35.4 Å². The first kappa shape index (κ1) is 49.7. The Bertz CT molecular complexity index is 2140. The van der Waals surface area contributed by atoms with E-state index >= 15 is 0 Å². The number of carboxylic acids is 2. The zero-order valence-electron chi connectivity index (χ0n) is 37.0. The summed E-state index contributed by atoms with van der Waals surface area (Å²) in [5.41, 5.74) is 8.03. The molecule has 2 aliphatic rings. The number of fused-ring (bicyclic) bond motifs is 1. The summed E-state index contributed by atoms with van der Waals surface area (Å²) in [5, 5.41) is 36.5. The lowest BCUT2D eigenvalue weighted by Gasteiger charge is -2.31. The quantitative estimate of drug-likeness (QED) is 0.0561. The van der Waals surface area contributed by atoms with Gasteiger partial charge >= 0.3 is 11.9 Å². The van der Waals surface area contributed by atoms with Crippen LogP contribution in [0.1, 0.15) is 82.8 Å². The third-order valence-electron chi connectivity index (χ3n) is 12.2. The van der Waals surface area contributed by atoms with Crippen LogP contribution < -0.4 is 37.6 Å². The van der Waals surface area contributed by atoms with Crippen LogP contribution in [-0.4, -0.2) is 129 Å². The number of hydrogen-bond acceptors (Lipinski definition) is 10. The van der Waals surface area contributed by atoms with E-state index in [1.807, 2.05) is 38.1 Å². The van der Waals surface area contributed by atoms with Gasteiger partial charge in [0.15, 0.2) is 0 Å². The number of nitrogens with one attached hydrogen (secondary N) is 7. The van der Waals surface area contributed by atoms with Crippen LogP contribution in [0.5, 0.6) is 0 Å². The molecule has 0 radical (unpaired) electrons. The number of carboxylic acid groups (broad SMARTS) is 2. The summed E-state index contributed by atoms with van der Waals surface area (Å²) in [4.78, 5) is 112. The molecule has 8 atom stereocenters. The number of nitrogens with two attached hydrogens (primary N) is 1. The second kappa shape index (κ2) is 24.1. The predicted molar refractivity (Wildman–Crippen MR) is 240 cm³/mol. The molecule has 3 aromatic rings. The number of carbonyl (C=O) groups is 8. The fraction of sp³-hybridized carbons (Fsp3) is 0.522. The van der Waals surface area contributed by atoms with Gasteiger partial charge < -0.3 is 57.7 Å². The van der Waals surface area contributed by atoms with Gasteiger partial charge in [-0.15, -0.1) is 0 Å². The lowest BCUT2D eigenvalue weighted by atomic mass is 9.96. The third-order valence-corrected chi connectivity index (χ3v) is 12.2. The van der Waals surface area contributed by atoms with E-state index in [4.69, 9.17) is 5.73 Å². The van der Waals surface area contributed by atoms with E-state index in [0.29, 0.717) is 50.8 Å². The number of carbonyl (C=O) groups excluding carboxylic acids is 6. The molecule has 2 saturated heterocycles. The van der Waals surface area contributed by atoms with Crippen LogP contribution in [0.3, 0.4) is 0 Å². The number of H-pyrrole nitrogens is 1. The average Bonchev–Trinajstić information content (AvgIpc) is 4.09. The molecule has 0 unspecified atom stereocenters. The van der Waals surface area contributed by atoms with Crippen LogP contribution in [0.2, 0.25) is 0 Å². The first-order chi connectivity index (χ1) is 31.2. The Kier molecular flexibility index (Phi) is 18.4. The summed E-state index contributed by atoms with van der Waals surface area (Å²) in [5.74, 6) is -7.00. The zero-order chi connectivity index (χ0) is 47.0. The molecule has 19 heteroatoms. The van der Waals surface area contributed by atoms with Crippen molar-refractivity contribution >= 4 is 58.3 Å². The maximum Gasteiger partial charge on any atom is 0.326 e. The minimum Gasteiger partial charge on any atom is -0.481 e. The van der Waals surface area contributed by atoms with Gasteiger partial charge in [-0.3, -0.25) is 33.6 Å². The first-order valence-corrected chi connectivity index (χ1v) is 22.5. The van der Waals surface area contributed by atoms with Crippen LogP contribution in [0.15, 0.2) is 60.8 Å². The second-order valence-electron chi connectivity index (χ2n) is 16.9. The Labute approximate surface area is 377 Å². The number of aromatic amines is 1. The molecular weight excluding hydrogens is 839 g/mol. The van der Waals surface area contributed by atoms with Gasteiger partial charge in [0.25, 0.3) is 0 Å². The van der Waals surface area contributed by atoms with Crippen LogP contribution >= 0.6 is 0 Å². The van der Waals surface area contributed by atoms with E-state index in [1.165, 1.54) is 4.90 Å². The highest BCUT2D eigenvalue weighted by molar-refractivity contribution is 5.98. The van der Waals surface area contributed by atoms with Crippen LogP contribution in [-0.2, 0) is 51.2 Å². The highest BCUT2D eigenvalue weighted by Crippen LogP contribution is 2.22. The molecular formula is C46H63N9O10. The fourth-order valence-electron chi connectivity index (χ4n) is 8.36. The van der Waals surface area contributed by atoms with Crippen LogP contribution in [0, 0.1) is 5.92 Å². The lowest BCUT2D eigenvalue weighted by Crippen LogP contribution is -2.61. The number of benzene rings is 2. The number of rotatable bonds is 24. The highest BCUT2D eigenvalue weighted by Gasteiger charge is 2.40. The smallest absolute Gasteiger partial charge is 0.326 e. The number of amides is 6. The van der Waals surface area contributed by atoms with Crippen molar-refractivity contribution in [2.45, 2.75) is 127 Å². The average molecular weight is 902 g/mol. The third kappa shape index (κ3) is 13.8. The molecule has 2 fully saturated rings. The molecule has 1 aromatic heterocycles. The molecule has 2 aromatic carbocycles. The summed E-state index contributed by atoms with van der Waals surface area (Å²) >= 11 is 0. The van der Waals surface area contributed by atoms with E-state index in [9.17, 15) is 48.6 Å². The molecule has 19 nitrogen and oxygen atoms in total. The number of hydrogen-bond donors (Lipinski definition) is 10. The van der Waals surface area contributed by atoms with Gasteiger partial charge in [0.1, 0.15) is 36.3 Å². The van der Waals surface area contributed by atoms with Gasteiger partial charge in [-0.1, -0.05) is 68.8 Å². The Morgan fingerprint density at radius 2 is 1.46 bits per heavy atom. The SMILES string of the molecule is CC[C@H](C)[C@H](NC(=O)[C@@H]1CCCN1)C(=O)N[C@@H](Cc1c[nH]c2ccccc12)C(=O)N[C@@H](CCCCN)C(=O)N[C@@H](Cc1ccccc1)C(=O)N1CCC[C@H]1C(=O)N[C@@H](CC(=O)O)C(=O)O. The molecule has 0 spiro atoms. The Morgan fingerprint density at radius 3 is 2.14 bits per heavy atom. The Morgan fingerprint density at radius 1 is 0.769 bits per heavy atom. The number of para-hydroxylation sites is 1. The predicted octanol–water partition coefficient (Wildman–Crippen LogP) is 0.855. The minimum atomic E-state index is -1.73. The summed E-state index contributed by atoms with van der Waals surface area (Å²) in [6.07, 6.45) is 4.50. The summed E-state index contributed by atoms with van der Waals surface area (Å²) in [6.45, 7) is 4.85. The van der Waals surface area contributed by atoms with E-state index in [2.05, 4.69) is 36.9 Å². The topological polar surface area (TPSA) is 294 Å². The van der Waals surface area contributed by atoms with Crippen LogP contribution in [0.25, 0.3) is 10.9 Å². The van der Waals surface area contributed by atoms with Crippen molar-refractivity contribution in [2.24, 2.45) is 11.7 Å². The van der Waals surface area contributed by atoms with E-state index in [0.717, 1.165) is 22.9 Å². The minimum absolute atomic E-state index is 0.00513. The van der Waals surface area contributed by atoms with Crippen molar-refractivity contribution in [3.63, 3.8) is 0 Å². The van der Waals surface area contributed by atoms with Crippen molar-refractivity contribution < 1.29 is 48.6 Å². The van der Waals surface area contributed by atoms with Gasteiger partial charge in [-0.25, -0.2) is 4.79 Å². The summed E-state index contributed by atoms with van der Waals surface area (Å²) < 4.78 is 0. The summed E-state index contributed by atoms with van der Waals surface area (Å²) in [6, 6.07) is 8.37. The molecule has 2 aliphatic heterocycles. The van der Waals surface area contributed by atoms with Crippen molar-refractivity contribution in [3.05, 3.63) is 71.9 Å². The Balaban J connectivity index is 1.41. The fourth-order valence-corrected chi connectivity index (χ4v) is 8.36. The lowest BCUT2D eigenvalue weighted by molar-refractivity contribution is -0.148. The monoisotopic (exact) mass is 901 g/mol. The normalized spacial score (nSPS) is 18.7. The molecule has 3 heterocycles. The summed E-state index contributed by atoms with van der Waals surface area (Å²) in [7, 11) is 0. The van der Waals surface area contributed by atoms with Crippen molar-refractivity contribution in [1.29, 1.82) is 0 Å². The molecule has 11 N–H and O–H groups in total. The van der Waals surface area contributed by atoms with E-state index in [-0.39, 0.29) is 44.1 Å². The van der Waals surface area contributed by atoms with Crippen molar-refractivity contribution in [1.82, 2.24) is 41.8 Å². The Hall–Kier alpha value is -6.34. The molecule has 0 aliphatic carbocycles. The van der Waals surface area contributed by atoms with Crippen molar-refractivity contribution in [3.8, 4) is 0 Å². The number of likely N-dealkylation sites (tertiary alicyclic amines) is 1. The van der Waals surface area contributed by atoms with E-state index in [1.54, 1.807) is 36.5 Å². The van der Waals surface area contributed by atoms with Gasteiger partial charge in [-0.05, 0) is 81.1 Å².